The molecular weight excluding hydrogens is 330 g/mol. The average molecular weight is 359 g/mol. The maximum absolute atomic E-state index is 13.1. The Morgan fingerprint density at radius 3 is 2.58 bits per heavy atom. The monoisotopic (exact) mass is 359 g/mol. The zero-order valence-electron chi connectivity index (χ0n) is 16.1. The number of allylic oxidation sites excluding steroid dienone is 1. The van der Waals surface area contributed by atoms with Crippen LogP contribution in [0.2, 0.25) is 0 Å². The molecule has 3 rings (SSSR count). The number of nitrogens with zero attached hydrogens (tertiary/aromatic N) is 3. The Morgan fingerprint density at radius 1 is 1.19 bits per heavy atom. The van der Waals surface area contributed by atoms with Crippen molar-refractivity contribution >= 4 is 5.91 Å². The number of methoxy groups -OCH3 is 1. The number of pyridine rings is 1. The molecule has 2 aliphatic rings. The van der Waals surface area contributed by atoms with E-state index in [-0.39, 0.29) is 11.5 Å². The topological polar surface area (TPSA) is 54.8 Å². The molecule has 2 aliphatic heterocycles. The second-order valence-electron chi connectivity index (χ2n) is 7.18. The summed E-state index contributed by atoms with van der Waals surface area (Å²) in [7, 11) is 1.53. The smallest absolute Gasteiger partial charge is 0.259 e. The number of ether oxygens (including phenoxy) is 1. The molecule has 1 saturated heterocycles. The SMILES string of the molecule is C/C=C(\C)CN1CCc2c(C(=O)N3CCCC3)c(OC)cc(=O)n2CC1. The predicted octanol–water partition coefficient (Wildman–Crippen LogP) is 1.92. The summed E-state index contributed by atoms with van der Waals surface area (Å²) in [5.74, 6) is 0.414. The van der Waals surface area contributed by atoms with E-state index in [1.165, 1.54) is 18.7 Å². The van der Waals surface area contributed by atoms with Gasteiger partial charge in [0.1, 0.15) is 11.3 Å². The molecular formula is C20H29N3O3. The van der Waals surface area contributed by atoms with Crippen LogP contribution >= 0.6 is 0 Å². The summed E-state index contributed by atoms with van der Waals surface area (Å²) < 4.78 is 7.21. The minimum Gasteiger partial charge on any atom is -0.496 e. The molecule has 0 bridgehead atoms. The molecule has 0 radical (unpaired) electrons. The van der Waals surface area contributed by atoms with E-state index in [9.17, 15) is 9.59 Å². The second kappa shape index (κ2) is 8.08. The molecule has 0 spiro atoms. The molecule has 0 atom stereocenters. The number of aromatic nitrogens is 1. The van der Waals surface area contributed by atoms with Gasteiger partial charge in [-0.25, -0.2) is 0 Å². The van der Waals surface area contributed by atoms with Crippen molar-refractivity contribution in [1.82, 2.24) is 14.4 Å². The van der Waals surface area contributed by atoms with Crippen molar-refractivity contribution in [2.24, 2.45) is 0 Å². The summed E-state index contributed by atoms with van der Waals surface area (Å²) in [6.07, 6.45) is 4.88. The average Bonchev–Trinajstić information content (AvgIpc) is 3.10. The predicted molar refractivity (Wildman–Crippen MR) is 102 cm³/mol. The van der Waals surface area contributed by atoms with Crippen molar-refractivity contribution in [3.8, 4) is 5.75 Å². The summed E-state index contributed by atoms with van der Waals surface area (Å²) in [5, 5.41) is 0. The van der Waals surface area contributed by atoms with Crippen molar-refractivity contribution in [2.45, 2.75) is 39.7 Å². The lowest BCUT2D eigenvalue weighted by Gasteiger charge is -2.21. The van der Waals surface area contributed by atoms with Crippen LogP contribution in [0.1, 0.15) is 42.7 Å². The highest BCUT2D eigenvalue weighted by atomic mass is 16.5. The Bertz CT molecular complexity index is 760. The third-order valence-corrected chi connectivity index (χ3v) is 5.48. The van der Waals surface area contributed by atoms with Crippen LogP contribution in [0.5, 0.6) is 5.75 Å². The maximum Gasteiger partial charge on any atom is 0.259 e. The van der Waals surface area contributed by atoms with Gasteiger partial charge in [-0.05, 0) is 26.7 Å². The molecule has 1 amide bonds. The van der Waals surface area contributed by atoms with Gasteiger partial charge >= 0.3 is 0 Å². The largest absolute Gasteiger partial charge is 0.496 e. The first-order valence-corrected chi connectivity index (χ1v) is 9.49. The number of fused-ring (bicyclic) bond motifs is 1. The van der Waals surface area contributed by atoms with Crippen molar-refractivity contribution < 1.29 is 9.53 Å². The number of carbonyl (C=O) groups is 1. The van der Waals surface area contributed by atoms with Crippen LogP contribution < -0.4 is 10.3 Å². The first-order valence-electron chi connectivity index (χ1n) is 9.49. The summed E-state index contributed by atoms with van der Waals surface area (Å²) in [5.41, 5.74) is 2.64. The van der Waals surface area contributed by atoms with Crippen LogP contribution in [0, 0.1) is 0 Å². The van der Waals surface area contributed by atoms with E-state index in [0.717, 1.165) is 51.3 Å². The molecule has 6 heteroatoms. The van der Waals surface area contributed by atoms with Gasteiger partial charge in [0.2, 0.25) is 0 Å². The van der Waals surface area contributed by atoms with E-state index in [1.807, 2.05) is 11.8 Å². The van der Waals surface area contributed by atoms with Gasteiger partial charge in [0.15, 0.2) is 0 Å². The number of hydrogen-bond acceptors (Lipinski definition) is 4. The minimum absolute atomic E-state index is 0.00110. The van der Waals surface area contributed by atoms with Gasteiger partial charge in [-0.3, -0.25) is 14.5 Å². The van der Waals surface area contributed by atoms with Crippen molar-refractivity contribution in [1.29, 1.82) is 0 Å². The molecule has 1 fully saturated rings. The number of likely N-dealkylation sites (tertiary alicyclic amines) is 1. The van der Waals surface area contributed by atoms with Gasteiger partial charge in [-0.2, -0.15) is 0 Å². The highest BCUT2D eigenvalue weighted by Crippen LogP contribution is 2.26. The lowest BCUT2D eigenvalue weighted by molar-refractivity contribution is 0.0787. The van der Waals surface area contributed by atoms with E-state index in [0.29, 0.717) is 24.3 Å². The number of hydrogen-bond donors (Lipinski definition) is 0. The Balaban J connectivity index is 1.97. The second-order valence-corrected chi connectivity index (χ2v) is 7.18. The van der Waals surface area contributed by atoms with Crippen molar-refractivity contribution in [2.75, 3.05) is 39.8 Å². The Hall–Kier alpha value is -2.08. The number of carbonyl (C=O) groups excluding carboxylic acids is 1. The van der Waals surface area contributed by atoms with Gasteiger partial charge in [-0.15, -0.1) is 0 Å². The van der Waals surface area contributed by atoms with Gasteiger partial charge in [0.25, 0.3) is 11.5 Å². The molecule has 26 heavy (non-hydrogen) atoms. The van der Waals surface area contributed by atoms with Gasteiger partial charge in [0, 0.05) is 57.4 Å². The molecule has 0 aliphatic carbocycles. The molecule has 0 saturated carbocycles. The lowest BCUT2D eigenvalue weighted by Crippen LogP contribution is -2.33. The molecule has 1 aromatic heterocycles. The quantitative estimate of drug-likeness (QED) is 0.771. The van der Waals surface area contributed by atoms with Crippen LogP contribution in [0.3, 0.4) is 0 Å². The normalized spacial score (nSPS) is 18.6. The third-order valence-electron chi connectivity index (χ3n) is 5.48. The fraction of sp³-hybridized carbons (Fsp3) is 0.600. The summed E-state index contributed by atoms with van der Waals surface area (Å²) in [4.78, 5) is 30.0. The zero-order valence-corrected chi connectivity index (χ0v) is 16.1. The third kappa shape index (κ3) is 3.70. The van der Waals surface area contributed by atoms with E-state index in [2.05, 4.69) is 17.9 Å². The molecule has 1 aromatic rings. The van der Waals surface area contributed by atoms with Gasteiger partial charge in [-0.1, -0.05) is 11.6 Å². The van der Waals surface area contributed by atoms with E-state index < -0.39 is 0 Å². The molecule has 0 unspecified atom stereocenters. The number of amides is 1. The minimum atomic E-state index is -0.0839. The van der Waals surface area contributed by atoms with E-state index in [1.54, 1.807) is 4.57 Å². The van der Waals surface area contributed by atoms with Crippen LogP contribution in [0.25, 0.3) is 0 Å². The first kappa shape index (κ1) is 18.7. The summed E-state index contributed by atoms with van der Waals surface area (Å²) in [6, 6.07) is 1.47. The fourth-order valence-corrected chi connectivity index (χ4v) is 3.87. The lowest BCUT2D eigenvalue weighted by atomic mass is 10.1. The first-order chi connectivity index (χ1) is 12.5. The zero-order chi connectivity index (χ0) is 18.7. The molecule has 3 heterocycles. The number of rotatable bonds is 4. The van der Waals surface area contributed by atoms with Crippen LogP contribution in [0.15, 0.2) is 22.5 Å². The highest BCUT2D eigenvalue weighted by molar-refractivity contribution is 5.98. The molecule has 6 nitrogen and oxygen atoms in total. The van der Waals surface area contributed by atoms with E-state index in [4.69, 9.17) is 4.74 Å². The Kier molecular flexibility index (Phi) is 5.81. The molecule has 0 N–H and O–H groups in total. The van der Waals surface area contributed by atoms with E-state index >= 15 is 0 Å². The molecule has 142 valence electrons. The highest BCUT2D eigenvalue weighted by Gasteiger charge is 2.29. The Labute approximate surface area is 155 Å². The van der Waals surface area contributed by atoms with Crippen LogP contribution in [-0.2, 0) is 13.0 Å². The Morgan fingerprint density at radius 2 is 1.92 bits per heavy atom. The fourth-order valence-electron chi connectivity index (χ4n) is 3.87. The van der Waals surface area contributed by atoms with Crippen molar-refractivity contribution in [3.05, 3.63) is 39.3 Å². The van der Waals surface area contributed by atoms with Crippen LogP contribution in [-0.4, -0.2) is 60.1 Å². The van der Waals surface area contributed by atoms with Gasteiger partial charge in [0.05, 0.1) is 7.11 Å². The maximum atomic E-state index is 13.1. The van der Waals surface area contributed by atoms with Gasteiger partial charge < -0.3 is 14.2 Å². The van der Waals surface area contributed by atoms with Crippen LogP contribution in [0.4, 0.5) is 0 Å². The summed E-state index contributed by atoms with van der Waals surface area (Å²) >= 11 is 0. The summed E-state index contributed by atoms with van der Waals surface area (Å²) in [6.45, 7) is 8.88. The standard InChI is InChI=1S/C20H29N3O3/c1-4-15(2)14-21-10-7-16-19(20(25)22-8-5-6-9-22)17(26-3)13-18(24)23(16)12-11-21/h4,13H,5-12,14H2,1-3H3/b15-4+. The molecule has 0 aromatic carbocycles. The van der Waals surface area contributed by atoms with Crippen molar-refractivity contribution in [3.63, 3.8) is 0 Å².